The maximum Gasteiger partial charge on any atom is 0.418 e. The third-order valence-corrected chi connectivity index (χ3v) is 3.84. The number of alkyl halides is 3. The summed E-state index contributed by atoms with van der Waals surface area (Å²) in [5.41, 5.74) is 0.171. The molecule has 0 radical (unpaired) electrons. The molecule has 2 heterocycles. The monoisotopic (exact) mass is 338 g/mol. The van der Waals surface area contributed by atoms with Crippen LogP contribution in [0.5, 0.6) is 11.5 Å². The fourth-order valence-electron chi connectivity index (χ4n) is 2.53. The van der Waals surface area contributed by atoms with E-state index in [-0.39, 0.29) is 18.3 Å². The Morgan fingerprint density at radius 3 is 2.67 bits per heavy atom. The molecule has 128 valence electrons. The van der Waals surface area contributed by atoms with Gasteiger partial charge in [0.25, 0.3) is 0 Å². The van der Waals surface area contributed by atoms with E-state index in [0.717, 1.165) is 11.6 Å². The van der Waals surface area contributed by atoms with Crippen molar-refractivity contribution < 1.29 is 22.6 Å². The number of rotatable bonds is 4. The number of fused-ring (bicyclic) bond motifs is 1. The first-order valence-electron chi connectivity index (χ1n) is 7.59. The van der Waals surface area contributed by atoms with Gasteiger partial charge in [0, 0.05) is 18.8 Å². The van der Waals surface area contributed by atoms with Crippen LogP contribution in [0.2, 0.25) is 0 Å². The van der Waals surface area contributed by atoms with E-state index in [1.165, 1.54) is 12.3 Å². The van der Waals surface area contributed by atoms with Gasteiger partial charge >= 0.3 is 6.18 Å². The summed E-state index contributed by atoms with van der Waals surface area (Å²) >= 11 is 0. The van der Waals surface area contributed by atoms with Gasteiger partial charge in [0.05, 0.1) is 11.3 Å². The molecule has 0 aliphatic carbocycles. The van der Waals surface area contributed by atoms with E-state index in [1.54, 1.807) is 0 Å². The lowest BCUT2D eigenvalue weighted by atomic mass is 10.1. The highest BCUT2D eigenvalue weighted by Crippen LogP contribution is 2.33. The van der Waals surface area contributed by atoms with Crippen molar-refractivity contribution >= 4 is 0 Å². The van der Waals surface area contributed by atoms with Crippen LogP contribution in [-0.2, 0) is 12.7 Å². The van der Waals surface area contributed by atoms with E-state index >= 15 is 0 Å². The summed E-state index contributed by atoms with van der Waals surface area (Å²) in [6.45, 7) is 2.90. The van der Waals surface area contributed by atoms with Crippen molar-refractivity contribution in [2.75, 3.05) is 13.2 Å². The Kier molecular flexibility index (Phi) is 4.62. The first-order chi connectivity index (χ1) is 11.4. The van der Waals surface area contributed by atoms with Crippen LogP contribution in [0.3, 0.4) is 0 Å². The number of nitrogens with zero attached hydrogens (tertiary/aromatic N) is 1. The summed E-state index contributed by atoms with van der Waals surface area (Å²) in [7, 11) is 0. The van der Waals surface area contributed by atoms with Gasteiger partial charge in [-0.3, -0.25) is 4.98 Å². The lowest BCUT2D eigenvalue weighted by molar-refractivity contribution is -0.138. The number of hydrogen-bond donors (Lipinski definition) is 1. The molecule has 1 aliphatic heterocycles. The number of halogens is 3. The topological polar surface area (TPSA) is 43.4 Å². The highest BCUT2D eigenvalue weighted by atomic mass is 19.4. The van der Waals surface area contributed by atoms with Crippen LogP contribution >= 0.6 is 0 Å². The second-order valence-corrected chi connectivity index (χ2v) is 5.50. The molecule has 1 atom stereocenters. The van der Waals surface area contributed by atoms with Gasteiger partial charge in [0.1, 0.15) is 13.2 Å². The van der Waals surface area contributed by atoms with Crippen LogP contribution in [0.25, 0.3) is 0 Å². The zero-order valence-corrected chi connectivity index (χ0v) is 13.1. The molecule has 2 aromatic rings. The molecule has 3 rings (SSSR count). The van der Waals surface area contributed by atoms with Gasteiger partial charge < -0.3 is 14.8 Å². The standard InChI is InChI=1S/C17H17F3N2O2/c1-11(12-4-5-15-16(9-12)24-8-7-23-15)22-10-14-13(17(18,19)20)3-2-6-21-14/h2-6,9,11,22H,7-8,10H2,1H3. The van der Waals surface area contributed by atoms with Crippen molar-refractivity contribution in [1.82, 2.24) is 10.3 Å². The fraction of sp³-hybridized carbons (Fsp3) is 0.353. The van der Waals surface area contributed by atoms with E-state index < -0.39 is 11.7 Å². The normalized spacial score (nSPS) is 15.2. The Bertz CT molecular complexity index is 719. The second kappa shape index (κ2) is 6.68. The van der Waals surface area contributed by atoms with Crippen molar-refractivity contribution in [3.05, 3.63) is 53.3 Å². The van der Waals surface area contributed by atoms with E-state index in [9.17, 15) is 13.2 Å². The minimum atomic E-state index is -4.41. The third kappa shape index (κ3) is 3.62. The average Bonchev–Trinajstić information content (AvgIpc) is 2.58. The van der Waals surface area contributed by atoms with Gasteiger partial charge in [-0.2, -0.15) is 13.2 Å². The molecule has 7 heteroatoms. The molecule has 1 aromatic heterocycles. The summed E-state index contributed by atoms with van der Waals surface area (Å²) < 4.78 is 49.9. The Labute approximate surface area is 137 Å². The van der Waals surface area contributed by atoms with Crippen LogP contribution in [0.4, 0.5) is 13.2 Å². The zero-order valence-electron chi connectivity index (χ0n) is 13.1. The Hall–Kier alpha value is -2.28. The van der Waals surface area contributed by atoms with Crippen molar-refractivity contribution in [3.63, 3.8) is 0 Å². The molecule has 1 unspecified atom stereocenters. The molecule has 0 bridgehead atoms. The molecular formula is C17H17F3N2O2. The van der Waals surface area contributed by atoms with E-state index in [2.05, 4.69) is 10.3 Å². The zero-order chi connectivity index (χ0) is 17.2. The van der Waals surface area contributed by atoms with Crippen LogP contribution < -0.4 is 14.8 Å². The minimum absolute atomic E-state index is 0.0191. The smallest absolute Gasteiger partial charge is 0.418 e. The molecule has 24 heavy (non-hydrogen) atoms. The van der Waals surface area contributed by atoms with Gasteiger partial charge in [-0.1, -0.05) is 6.07 Å². The number of nitrogens with one attached hydrogen (secondary N) is 1. The first kappa shape index (κ1) is 16.6. The maximum absolute atomic E-state index is 13.0. The molecule has 4 nitrogen and oxygen atoms in total. The van der Waals surface area contributed by atoms with Gasteiger partial charge in [-0.25, -0.2) is 0 Å². The number of aromatic nitrogens is 1. The molecule has 0 amide bonds. The molecule has 1 aliphatic rings. The predicted molar refractivity (Wildman–Crippen MR) is 81.9 cm³/mol. The summed E-state index contributed by atoms with van der Waals surface area (Å²) in [6, 6.07) is 7.69. The van der Waals surface area contributed by atoms with E-state index in [1.807, 2.05) is 25.1 Å². The quantitative estimate of drug-likeness (QED) is 0.923. The minimum Gasteiger partial charge on any atom is -0.486 e. The number of benzene rings is 1. The molecule has 1 N–H and O–H groups in total. The molecule has 0 saturated carbocycles. The van der Waals surface area contributed by atoms with Gasteiger partial charge in [0.2, 0.25) is 0 Å². The Morgan fingerprint density at radius 1 is 1.17 bits per heavy atom. The largest absolute Gasteiger partial charge is 0.486 e. The van der Waals surface area contributed by atoms with Gasteiger partial charge in [-0.05, 0) is 36.8 Å². The average molecular weight is 338 g/mol. The molecule has 0 saturated heterocycles. The Morgan fingerprint density at radius 2 is 1.92 bits per heavy atom. The lowest BCUT2D eigenvalue weighted by Gasteiger charge is -2.21. The Balaban J connectivity index is 1.71. The van der Waals surface area contributed by atoms with Gasteiger partial charge in [0.15, 0.2) is 11.5 Å². The maximum atomic E-state index is 13.0. The van der Waals surface area contributed by atoms with Crippen molar-refractivity contribution in [1.29, 1.82) is 0 Å². The summed E-state index contributed by atoms with van der Waals surface area (Å²) in [4.78, 5) is 3.85. The lowest BCUT2D eigenvalue weighted by Crippen LogP contribution is -2.22. The SMILES string of the molecule is CC(NCc1ncccc1C(F)(F)F)c1ccc2c(c1)OCCO2. The van der Waals surface area contributed by atoms with Crippen LogP contribution in [0.15, 0.2) is 36.5 Å². The van der Waals surface area contributed by atoms with Crippen molar-refractivity contribution in [3.8, 4) is 11.5 Å². The highest BCUT2D eigenvalue weighted by molar-refractivity contribution is 5.44. The highest BCUT2D eigenvalue weighted by Gasteiger charge is 2.33. The van der Waals surface area contributed by atoms with Gasteiger partial charge in [-0.15, -0.1) is 0 Å². The molecule has 1 aromatic carbocycles. The molecule has 0 spiro atoms. The second-order valence-electron chi connectivity index (χ2n) is 5.50. The number of pyridine rings is 1. The summed E-state index contributed by atoms with van der Waals surface area (Å²) in [6.07, 6.45) is -3.05. The van der Waals surface area contributed by atoms with Crippen molar-refractivity contribution in [2.24, 2.45) is 0 Å². The number of ether oxygens (including phenoxy) is 2. The third-order valence-electron chi connectivity index (χ3n) is 3.84. The van der Waals surface area contributed by atoms with E-state index in [0.29, 0.717) is 24.7 Å². The predicted octanol–water partition coefficient (Wildman–Crippen LogP) is 3.72. The first-order valence-corrected chi connectivity index (χ1v) is 7.59. The van der Waals surface area contributed by atoms with Crippen LogP contribution in [0.1, 0.15) is 29.8 Å². The fourth-order valence-corrected chi connectivity index (χ4v) is 2.53. The van der Waals surface area contributed by atoms with Crippen molar-refractivity contribution in [2.45, 2.75) is 25.7 Å². The molecular weight excluding hydrogens is 321 g/mol. The van der Waals surface area contributed by atoms with E-state index in [4.69, 9.17) is 9.47 Å². The molecule has 0 fully saturated rings. The number of hydrogen-bond acceptors (Lipinski definition) is 4. The summed E-state index contributed by atoms with van der Waals surface area (Å²) in [5, 5.41) is 3.08. The summed E-state index contributed by atoms with van der Waals surface area (Å²) in [5.74, 6) is 1.34. The van der Waals surface area contributed by atoms with Crippen LogP contribution in [-0.4, -0.2) is 18.2 Å². The van der Waals surface area contributed by atoms with Crippen LogP contribution in [0, 0.1) is 0 Å².